The Morgan fingerprint density at radius 3 is 2.57 bits per heavy atom. The monoisotopic (exact) mass is 415 g/mol. The molecule has 5 rings (SSSR count). The summed E-state index contributed by atoms with van der Waals surface area (Å²) in [6.07, 6.45) is -0.310. The number of nitrogens with zero attached hydrogens (tertiary/aromatic N) is 3. The molecule has 1 saturated heterocycles. The first-order chi connectivity index (χ1) is 14.3. The highest BCUT2D eigenvalue weighted by Crippen LogP contribution is 2.55. The predicted octanol–water partition coefficient (Wildman–Crippen LogP) is 2.94. The minimum absolute atomic E-state index is 0.0645. The highest BCUT2D eigenvalue weighted by atomic mass is 19.4. The van der Waals surface area contributed by atoms with Gasteiger partial charge in [0.1, 0.15) is 0 Å². The summed E-state index contributed by atoms with van der Waals surface area (Å²) in [5.74, 6) is -0.916. The van der Waals surface area contributed by atoms with Gasteiger partial charge in [-0.3, -0.25) is 10.1 Å². The number of fused-ring (bicyclic) bond motifs is 1. The Bertz CT molecular complexity index is 1160. The number of carbonyl (C=O) groups excluding carboxylic acids is 2. The number of aromatic nitrogens is 3. The molecule has 1 aliphatic carbocycles. The summed E-state index contributed by atoms with van der Waals surface area (Å²) in [5.41, 5.74) is 2.21. The van der Waals surface area contributed by atoms with Crippen LogP contribution in [0.15, 0.2) is 42.7 Å². The van der Waals surface area contributed by atoms with Crippen molar-refractivity contribution in [3.8, 4) is 0 Å². The maximum absolute atomic E-state index is 12.8. The normalized spacial score (nSPS) is 23.9. The molecule has 2 aromatic heterocycles. The van der Waals surface area contributed by atoms with E-state index in [4.69, 9.17) is 0 Å². The Morgan fingerprint density at radius 1 is 1.10 bits per heavy atom. The minimum Gasteiger partial charge on any atom is -0.337 e. The van der Waals surface area contributed by atoms with Crippen LogP contribution in [0.5, 0.6) is 0 Å². The maximum atomic E-state index is 12.8. The second kappa shape index (κ2) is 6.54. The lowest BCUT2D eigenvalue weighted by molar-refractivity contribution is -0.137. The van der Waals surface area contributed by atoms with Crippen molar-refractivity contribution in [3.05, 3.63) is 65.1 Å². The molecular weight excluding hydrogens is 399 g/mol. The van der Waals surface area contributed by atoms with Crippen molar-refractivity contribution < 1.29 is 22.8 Å². The number of alkyl halides is 3. The SMILES string of the molecule is O=C1NCC(c2cc([C@@H]3C[C@H]3c3ccc(C(F)(F)F)cc3)c3nccn3n2)C(=O)N1. The van der Waals surface area contributed by atoms with Gasteiger partial charge in [-0.2, -0.15) is 18.3 Å². The molecule has 3 aromatic rings. The number of benzene rings is 1. The number of halogens is 3. The number of carbonyl (C=O) groups is 2. The highest BCUT2D eigenvalue weighted by Gasteiger charge is 2.42. The van der Waals surface area contributed by atoms with Crippen molar-refractivity contribution >= 4 is 17.6 Å². The molecule has 154 valence electrons. The second-order valence-electron chi connectivity index (χ2n) is 7.54. The molecule has 3 amide bonds. The summed E-state index contributed by atoms with van der Waals surface area (Å²) >= 11 is 0. The molecule has 0 radical (unpaired) electrons. The van der Waals surface area contributed by atoms with Gasteiger partial charge in [0.05, 0.1) is 17.2 Å². The van der Waals surface area contributed by atoms with E-state index in [-0.39, 0.29) is 18.4 Å². The van der Waals surface area contributed by atoms with E-state index in [1.54, 1.807) is 16.9 Å². The van der Waals surface area contributed by atoms with E-state index in [2.05, 4.69) is 20.7 Å². The van der Waals surface area contributed by atoms with Gasteiger partial charge in [0.15, 0.2) is 5.65 Å². The van der Waals surface area contributed by atoms with Crippen molar-refractivity contribution in [2.75, 3.05) is 6.54 Å². The lowest BCUT2D eigenvalue weighted by atomic mass is 9.98. The van der Waals surface area contributed by atoms with Crippen LogP contribution in [0, 0.1) is 0 Å². The quantitative estimate of drug-likeness (QED) is 0.689. The minimum atomic E-state index is -4.36. The molecule has 2 N–H and O–H groups in total. The van der Waals surface area contributed by atoms with Gasteiger partial charge in [-0.15, -0.1) is 0 Å². The van der Waals surface area contributed by atoms with Crippen LogP contribution >= 0.6 is 0 Å². The molecule has 1 aromatic carbocycles. The van der Waals surface area contributed by atoms with Gasteiger partial charge in [-0.25, -0.2) is 14.3 Å². The van der Waals surface area contributed by atoms with Crippen LogP contribution in [0.25, 0.3) is 5.65 Å². The number of nitrogens with one attached hydrogen (secondary N) is 2. The van der Waals surface area contributed by atoms with Crippen LogP contribution in [-0.4, -0.2) is 33.1 Å². The standard InChI is InChI=1S/C20H16F3N5O2/c21-20(22,23)11-3-1-10(2-4-11)12-7-13(12)14-8-16(27-28-6-5-24-17(14)28)15-9-25-19(30)26-18(15)29/h1-6,8,12-13,15H,7,9H2,(H2,25,26,29,30)/t12-,13+,15?/m0/s1. The van der Waals surface area contributed by atoms with Crippen molar-refractivity contribution in [1.82, 2.24) is 25.2 Å². The van der Waals surface area contributed by atoms with E-state index >= 15 is 0 Å². The summed E-state index contributed by atoms with van der Waals surface area (Å²) in [5, 5.41) is 9.29. The third kappa shape index (κ3) is 3.17. The van der Waals surface area contributed by atoms with Crippen molar-refractivity contribution in [2.45, 2.75) is 30.4 Å². The molecule has 1 aliphatic heterocycles. The maximum Gasteiger partial charge on any atom is 0.416 e. The van der Waals surface area contributed by atoms with Crippen LogP contribution in [0.3, 0.4) is 0 Å². The van der Waals surface area contributed by atoms with E-state index < -0.39 is 29.6 Å². The molecule has 30 heavy (non-hydrogen) atoms. The van der Waals surface area contributed by atoms with Crippen LogP contribution in [0.4, 0.5) is 18.0 Å². The second-order valence-corrected chi connectivity index (χ2v) is 7.54. The number of imidazole rings is 1. The van der Waals surface area contributed by atoms with Crippen molar-refractivity contribution in [2.24, 2.45) is 0 Å². The average Bonchev–Trinajstić information content (AvgIpc) is 3.35. The van der Waals surface area contributed by atoms with Gasteiger partial charge in [-0.1, -0.05) is 12.1 Å². The van der Waals surface area contributed by atoms with Crippen LogP contribution in [0.2, 0.25) is 0 Å². The van der Waals surface area contributed by atoms with Crippen LogP contribution in [0.1, 0.15) is 46.6 Å². The lowest BCUT2D eigenvalue weighted by Crippen LogP contribution is -2.51. The van der Waals surface area contributed by atoms with E-state index in [0.717, 1.165) is 29.7 Å². The Labute approximate surface area is 168 Å². The van der Waals surface area contributed by atoms with Gasteiger partial charge in [-0.05, 0) is 42.0 Å². The molecule has 0 spiro atoms. The predicted molar refractivity (Wildman–Crippen MR) is 98.8 cm³/mol. The largest absolute Gasteiger partial charge is 0.416 e. The van der Waals surface area contributed by atoms with Crippen molar-refractivity contribution in [3.63, 3.8) is 0 Å². The van der Waals surface area contributed by atoms with Gasteiger partial charge < -0.3 is 5.32 Å². The summed E-state index contributed by atoms with van der Waals surface area (Å²) in [6, 6.07) is 6.51. The number of urea groups is 1. The van der Waals surface area contributed by atoms with E-state index in [0.29, 0.717) is 11.3 Å². The molecule has 1 saturated carbocycles. The Hall–Kier alpha value is -3.43. The van der Waals surface area contributed by atoms with Crippen molar-refractivity contribution in [1.29, 1.82) is 0 Å². The molecule has 10 heteroatoms. The zero-order valence-corrected chi connectivity index (χ0v) is 15.5. The summed E-state index contributed by atoms with van der Waals surface area (Å²) < 4.78 is 40.0. The smallest absolute Gasteiger partial charge is 0.337 e. The fourth-order valence-corrected chi connectivity index (χ4v) is 4.00. The summed E-state index contributed by atoms with van der Waals surface area (Å²) in [6.45, 7) is 0.143. The van der Waals surface area contributed by atoms with Gasteiger partial charge in [0, 0.05) is 24.5 Å². The lowest BCUT2D eigenvalue weighted by Gasteiger charge is -2.22. The number of imide groups is 1. The third-order valence-electron chi connectivity index (χ3n) is 5.64. The fraction of sp³-hybridized carbons (Fsp3) is 0.300. The Kier molecular flexibility index (Phi) is 4.05. The molecule has 2 fully saturated rings. The van der Waals surface area contributed by atoms with Gasteiger partial charge >= 0.3 is 12.2 Å². The average molecular weight is 415 g/mol. The summed E-state index contributed by atoms with van der Waals surface area (Å²) in [4.78, 5) is 27.9. The number of hydrogen-bond donors (Lipinski definition) is 2. The van der Waals surface area contributed by atoms with E-state index in [1.165, 1.54) is 12.1 Å². The number of amides is 3. The molecule has 7 nitrogen and oxygen atoms in total. The number of rotatable bonds is 3. The molecule has 1 unspecified atom stereocenters. The zero-order chi connectivity index (χ0) is 21.0. The fourth-order valence-electron chi connectivity index (χ4n) is 4.00. The number of hydrogen-bond acceptors (Lipinski definition) is 4. The molecule has 0 bridgehead atoms. The Morgan fingerprint density at radius 2 is 1.87 bits per heavy atom. The first-order valence-corrected chi connectivity index (χ1v) is 9.41. The van der Waals surface area contributed by atoms with Crippen LogP contribution < -0.4 is 10.6 Å². The topological polar surface area (TPSA) is 88.4 Å². The van der Waals surface area contributed by atoms with Gasteiger partial charge in [0.25, 0.3) is 0 Å². The third-order valence-corrected chi connectivity index (χ3v) is 5.64. The zero-order valence-electron chi connectivity index (χ0n) is 15.5. The van der Waals surface area contributed by atoms with E-state index in [1.807, 2.05) is 6.07 Å². The molecule has 3 heterocycles. The van der Waals surface area contributed by atoms with E-state index in [9.17, 15) is 22.8 Å². The first kappa shape index (κ1) is 18.6. The van der Waals surface area contributed by atoms with Crippen LogP contribution in [-0.2, 0) is 11.0 Å². The molecule has 2 aliphatic rings. The van der Waals surface area contributed by atoms with Gasteiger partial charge in [0.2, 0.25) is 5.91 Å². The Balaban J connectivity index is 1.46. The highest BCUT2D eigenvalue weighted by molar-refractivity contribution is 6.00. The molecular formula is C20H16F3N5O2. The summed E-state index contributed by atoms with van der Waals surface area (Å²) in [7, 11) is 0. The molecule has 3 atom stereocenters. The first-order valence-electron chi connectivity index (χ1n) is 9.41.